The molecule has 7 heteroatoms. The Balaban J connectivity index is 0.00000243. The number of imidazole rings is 1. The van der Waals surface area contributed by atoms with Gasteiger partial charge in [-0.2, -0.15) is 0 Å². The van der Waals surface area contributed by atoms with Gasteiger partial charge in [0, 0.05) is 36.1 Å². The molecule has 3 rings (SSSR count). The fourth-order valence-electron chi connectivity index (χ4n) is 3.19. The highest BCUT2D eigenvalue weighted by atomic mass is 35.5. The molecule has 0 amide bonds. The van der Waals surface area contributed by atoms with Gasteiger partial charge in [0.15, 0.2) is 5.65 Å². The SMILES string of the molecule is CCCN(CCC)c1c(C)nc2c(-c3ccc(Cl)cc3Cl)nccn12.Cl. The summed E-state index contributed by atoms with van der Waals surface area (Å²) in [7, 11) is 0. The molecule has 0 aliphatic rings. The molecule has 0 radical (unpaired) electrons. The zero-order valence-corrected chi connectivity index (χ0v) is 17.5. The van der Waals surface area contributed by atoms with Gasteiger partial charge in [-0.1, -0.05) is 37.0 Å². The second-order valence-electron chi connectivity index (χ2n) is 6.10. The van der Waals surface area contributed by atoms with Crippen molar-refractivity contribution in [2.45, 2.75) is 33.6 Å². The van der Waals surface area contributed by atoms with Gasteiger partial charge in [-0.25, -0.2) is 4.98 Å². The van der Waals surface area contributed by atoms with Gasteiger partial charge in [0.05, 0.1) is 10.7 Å². The second-order valence-corrected chi connectivity index (χ2v) is 6.95. The van der Waals surface area contributed by atoms with Gasteiger partial charge in [-0.3, -0.25) is 9.38 Å². The quantitative estimate of drug-likeness (QED) is 0.492. The number of rotatable bonds is 6. The average molecular weight is 414 g/mol. The normalized spacial score (nSPS) is 10.8. The van der Waals surface area contributed by atoms with Crippen molar-refractivity contribution >= 4 is 47.1 Å². The summed E-state index contributed by atoms with van der Waals surface area (Å²) in [5.41, 5.74) is 3.43. The minimum absolute atomic E-state index is 0. The summed E-state index contributed by atoms with van der Waals surface area (Å²) in [6, 6.07) is 5.46. The summed E-state index contributed by atoms with van der Waals surface area (Å²) in [6.07, 6.45) is 5.95. The molecule has 0 fully saturated rings. The topological polar surface area (TPSA) is 33.4 Å². The number of halogens is 3. The van der Waals surface area contributed by atoms with Crippen LogP contribution in [0, 0.1) is 6.92 Å². The van der Waals surface area contributed by atoms with Crippen LogP contribution in [0.1, 0.15) is 32.4 Å². The first-order valence-electron chi connectivity index (χ1n) is 8.60. The Bertz CT molecular complexity index is 886. The Kier molecular flexibility index (Phi) is 7.16. The van der Waals surface area contributed by atoms with E-state index in [9.17, 15) is 0 Å². The van der Waals surface area contributed by atoms with Crippen LogP contribution in [-0.2, 0) is 0 Å². The fourth-order valence-corrected chi connectivity index (χ4v) is 3.69. The Morgan fingerprint density at radius 1 is 1.12 bits per heavy atom. The summed E-state index contributed by atoms with van der Waals surface area (Å²) < 4.78 is 2.12. The number of benzene rings is 1. The third-order valence-corrected chi connectivity index (χ3v) is 4.71. The molecule has 1 aromatic carbocycles. The van der Waals surface area contributed by atoms with Crippen LogP contribution >= 0.6 is 35.6 Å². The van der Waals surface area contributed by atoms with E-state index in [4.69, 9.17) is 28.2 Å². The second kappa shape index (κ2) is 8.94. The predicted octanol–water partition coefficient (Wildman–Crippen LogP) is 6.06. The molecule has 4 nitrogen and oxygen atoms in total. The zero-order valence-electron chi connectivity index (χ0n) is 15.2. The lowest BCUT2D eigenvalue weighted by molar-refractivity contribution is 0.728. The zero-order chi connectivity index (χ0) is 18.0. The van der Waals surface area contributed by atoms with E-state index in [2.05, 4.69) is 28.1 Å². The summed E-state index contributed by atoms with van der Waals surface area (Å²) in [5, 5.41) is 1.19. The first-order valence-corrected chi connectivity index (χ1v) is 9.36. The maximum atomic E-state index is 6.40. The third kappa shape index (κ3) is 3.93. The van der Waals surface area contributed by atoms with Crippen LogP contribution < -0.4 is 4.90 Å². The number of nitrogens with zero attached hydrogens (tertiary/aromatic N) is 4. The molecule has 0 saturated heterocycles. The van der Waals surface area contributed by atoms with Crippen molar-refractivity contribution in [3.05, 3.63) is 46.3 Å². The highest BCUT2D eigenvalue weighted by molar-refractivity contribution is 6.36. The standard InChI is InChI=1S/C19H22Cl2N4.ClH/c1-4-9-24(10-5-2)19-13(3)23-18-17(22-8-11-25(18)19)15-7-6-14(20)12-16(15)21;/h6-8,11-12H,4-5,9-10H2,1-3H3;1H. The van der Waals surface area contributed by atoms with Gasteiger partial charge < -0.3 is 4.90 Å². The van der Waals surface area contributed by atoms with Gasteiger partial charge in [0.1, 0.15) is 11.5 Å². The number of anilines is 1. The molecule has 0 N–H and O–H groups in total. The lowest BCUT2D eigenvalue weighted by Gasteiger charge is -2.23. The van der Waals surface area contributed by atoms with Crippen molar-refractivity contribution in [3.8, 4) is 11.3 Å². The van der Waals surface area contributed by atoms with Crippen LogP contribution in [0.3, 0.4) is 0 Å². The third-order valence-electron chi connectivity index (χ3n) is 4.16. The first kappa shape index (κ1) is 20.8. The molecule has 0 aliphatic heterocycles. The maximum absolute atomic E-state index is 6.40. The molecule has 0 saturated carbocycles. The highest BCUT2D eigenvalue weighted by Gasteiger charge is 2.19. The van der Waals surface area contributed by atoms with Crippen LogP contribution in [0.2, 0.25) is 10.0 Å². The van der Waals surface area contributed by atoms with Gasteiger partial charge in [0.2, 0.25) is 0 Å². The molecular formula is C19H23Cl3N4. The fraction of sp³-hybridized carbons (Fsp3) is 0.368. The van der Waals surface area contributed by atoms with Crippen molar-refractivity contribution < 1.29 is 0 Å². The molecule has 26 heavy (non-hydrogen) atoms. The molecule has 0 bridgehead atoms. The molecular weight excluding hydrogens is 391 g/mol. The largest absolute Gasteiger partial charge is 0.356 e. The van der Waals surface area contributed by atoms with Crippen molar-refractivity contribution in [2.24, 2.45) is 0 Å². The maximum Gasteiger partial charge on any atom is 0.165 e. The summed E-state index contributed by atoms with van der Waals surface area (Å²) >= 11 is 12.4. The molecule has 2 heterocycles. The van der Waals surface area contributed by atoms with Crippen molar-refractivity contribution in [3.63, 3.8) is 0 Å². The van der Waals surface area contributed by atoms with Crippen molar-refractivity contribution in [1.82, 2.24) is 14.4 Å². The molecule has 0 atom stereocenters. The average Bonchev–Trinajstić information content (AvgIpc) is 2.91. The van der Waals surface area contributed by atoms with E-state index in [1.54, 1.807) is 12.3 Å². The predicted molar refractivity (Wildman–Crippen MR) is 113 cm³/mol. The van der Waals surface area contributed by atoms with Crippen LogP contribution in [0.15, 0.2) is 30.6 Å². The van der Waals surface area contributed by atoms with E-state index in [1.807, 2.05) is 25.3 Å². The minimum Gasteiger partial charge on any atom is -0.356 e. The van der Waals surface area contributed by atoms with Gasteiger partial charge in [0.25, 0.3) is 0 Å². The van der Waals surface area contributed by atoms with Crippen LogP contribution in [-0.4, -0.2) is 27.5 Å². The van der Waals surface area contributed by atoms with E-state index >= 15 is 0 Å². The van der Waals surface area contributed by atoms with Crippen LogP contribution in [0.4, 0.5) is 5.82 Å². The highest BCUT2D eigenvalue weighted by Crippen LogP contribution is 2.33. The Hall–Kier alpha value is -1.49. The lowest BCUT2D eigenvalue weighted by atomic mass is 10.1. The summed E-state index contributed by atoms with van der Waals surface area (Å²) in [6.45, 7) is 8.45. The van der Waals surface area contributed by atoms with E-state index in [-0.39, 0.29) is 12.4 Å². The Morgan fingerprint density at radius 2 is 1.81 bits per heavy atom. The molecule has 0 unspecified atom stereocenters. The van der Waals surface area contributed by atoms with Crippen molar-refractivity contribution in [2.75, 3.05) is 18.0 Å². The minimum atomic E-state index is 0. The Labute approximate surface area is 170 Å². The number of fused-ring (bicyclic) bond motifs is 1. The van der Waals surface area contributed by atoms with Crippen molar-refractivity contribution in [1.29, 1.82) is 0 Å². The Morgan fingerprint density at radius 3 is 2.42 bits per heavy atom. The lowest BCUT2D eigenvalue weighted by Crippen LogP contribution is -2.26. The summed E-state index contributed by atoms with van der Waals surface area (Å²) in [4.78, 5) is 11.7. The monoisotopic (exact) mass is 412 g/mol. The van der Waals surface area contributed by atoms with E-state index in [0.29, 0.717) is 10.0 Å². The van der Waals surface area contributed by atoms with Crippen LogP contribution in [0.5, 0.6) is 0 Å². The molecule has 0 spiro atoms. The number of hydrogen-bond donors (Lipinski definition) is 0. The molecule has 140 valence electrons. The van der Waals surface area contributed by atoms with Gasteiger partial charge in [-0.15, -0.1) is 12.4 Å². The number of hydrogen-bond acceptors (Lipinski definition) is 3. The molecule has 2 aromatic heterocycles. The first-order chi connectivity index (χ1) is 12.1. The van der Waals surface area contributed by atoms with Gasteiger partial charge >= 0.3 is 0 Å². The van der Waals surface area contributed by atoms with Gasteiger partial charge in [-0.05, 0) is 38.0 Å². The smallest absolute Gasteiger partial charge is 0.165 e. The molecule has 0 aliphatic carbocycles. The number of aryl methyl sites for hydroxylation is 1. The van der Waals surface area contributed by atoms with E-state index in [0.717, 1.165) is 54.3 Å². The summed E-state index contributed by atoms with van der Waals surface area (Å²) in [5.74, 6) is 1.13. The van der Waals surface area contributed by atoms with Crippen LogP contribution in [0.25, 0.3) is 16.9 Å². The van der Waals surface area contributed by atoms with E-state index < -0.39 is 0 Å². The van der Waals surface area contributed by atoms with E-state index in [1.165, 1.54) is 0 Å². The number of aromatic nitrogens is 3. The molecule has 3 aromatic rings.